The number of methoxy groups -OCH3 is 1. The lowest BCUT2D eigenvalue weighted by molar-refractivity contribution is -0.146. The van der Waals surface area contributed by atoms with E-state index in [9.17, 15) is 9.59 Å². The average Bonchev–Trinajstić information content (AvgIpc) is 2.34. The van der Waals surface area contributed by atoms with Crippen molar-refractivity contribution in [2.75, 3.05) is 7.11 Å². The molecule has 1 aromatic carbocycles. The first-order chi connectivity index (χ1) is 8.45. The highest BCUT2D eigenvalue weighted by atomic mass is 16.5. The zero-order chi connectivity index (χ0) is 13.7. The number of Topliss-reactive ketones (excluding diaryl/α,β-unsaturated/α-hetero) is 1. The van der Waals surface area contributed by atoms with Crippen LogP contribution >= 0.6 is 0 Å². The number of rotatable bonds is 5. The molecule has 1 unspecified atom stereocenters. The smallest absolute Gasteiger partial charge is 0.303 e. The molecule has 0 aliphatic heterocycles. The van der Waals surface area contributed by atoms with Gasteiger partial charge in [0.05, 0.1) is 7.11 Å². The number of ether oxygens (including phenoxy) is 2. The molecule has 4 nitrogen and oxygen atoms in total. The van der Waals surface area contributed by atoms with Crippen molar-refractivity contribution in [1.82, 2.24) is 0 Å². The molecule has 0 bridgehead atoms. The molecule has 1 atom stereocenters. The Morgan fingerprint density at radius 2 is 1.67 bits per heavy atom. The predicted molar refractivity (Wildman–Crippen MR) is 67.7 cm³/mol. The maximum Gasteiger partial charge on any atom is 0.303 e. The molecule has 18 heavy (non-hydrogen) atoms. The van der Waals surface area contributed by atoms with Crippen molar-refractivity contribution in [3.05, 3.63) is 29.8 Å². The van der Waals surface area contributed by atoms with Crippen LogP contribution in [0.3, 0.4) is 0 Å². The second kappa shape index (κ2) is 6.19. The van der Waals surface area contributed by atoms with Gasteiger partial charge in [-0.15, -0.1) is 0 Å². The molecule has 0 saturated heterocycles. The van der Waals surface area contributed by atoms with Gasteiger partial charge in [-0.2, -0.15) is 0 Å². The van der Waals surface area contributed by atoms with Crippen molar-refractivity contribution in [3.8, 4) is 5.75 Å². The first kappa shape index (κ1) is 14.2. The lowest BCUT2D eigenvalue weighted by atomic mass is 9.97. The molecule has 4 heteroatoms. The van der Waals surface area contributed by atoms with Gasteiger partial charge < -0.3 is 9.47 Å². The van der Waals surface area contributed by atoms with Crippen LogP contribution < -0.4 is 4.74 Å². The van der Waals surface area contributed by atoms with E-state index in [1.165, 1.54) is 6.92 Å². The number of benzene rings is 1. The third kappa shape index (κ3) is 3.58. The first-order valence-electron chi connectivity index (χ1n) is 5.81. The standard InChI is InChI=1S/C14H18O4/c1-9(2)14(18-10(3)15)13(16)11-5-7-12(17-4)8-6-11/h5-9,14H,1-4H3. The summed E-state index contributed by atoms with van der Waals surface area (Å²) in [5.41, 5.74) is 0.510. The second-order valence-corrected chi connectivity index (χ2v) is 4.37. The van der Waals surface area contributed by atoms with Crippen molar-refractivity contribution in [2.45, 2.75) is 26.9 Å². The molecule has 0 heterocycles. The van der Waals surface area contributed by atoms with Crippen molar-refractivity contribution in [3.63, 3.8) is 0 Å². The maximum atomic E-state index is 12.2. The third-order valence-electron chi connectivity index (χ3n) is 2.53. The average molecular weight is 250 g/mol. The highest BCUT2D eigenvalue weighted by Gasteiger charge is 2.26. The number of ketones is 1. The monoisotopic (exact) mass is 250 g/mol. The molecule has 0 amide bonds. The van der Waals surface area contributed by atoms with E-state index in [1.807, 2.05) is 13.8 Å². The number of hydrogen-bond donors (Lipinski definition) is 0. The molecule has 0 saturated carbocycles. The van der Waals surface area contributed by atoms with Gasteiger partial charge in [0, 0.05) is 12.5 Å². The fraction of sp³-hybridized carbons (Fsp3) is 0.429. The summed E-state index contributed by atoms with van der Waals surface area (Å²) >= 11 is 0. The zero-order valence-electron chi connectivity index (χ0n) is 11.1. The van der Waals surface area contributed by atoms with Crippen LogP contribution in [0.15, 0.2) is 24.3 Å². The van der Waals surface area contributed by atoms with E-state index in [2.05, 4.69) is 0 Å². The molecule has 0 aromatic heterocycles. The summed E-state index contributed by atoms with van der Waals surface area (Å²) < 4.78 is 10.1. The summed E-state index contributed by atoms with van der Waals surface area (Å²) in [7, 11) is 1.56. The van der Waals surface area contributed by atoms with Gasteiger partial charge in [0.15, 0.2) is 6.10 Å². The Hall–Kier alpha value is -1.84. The van der Waals surface area contributed by atoms with E-state index in [0.717, 1.165) is 0 Å². The van der Waals surface area contributed by atoms with E-state index in [1.54, 1.807) is 31.4 Å². The molecule has 0 fully saturated rings. The lowest BCUT2D eigenvalue weighted by Crippen LogP contribution is -2.31. The summed E-state index contributed by atoms with van der Waals surface area (Å²) in [6.07, 6.45) is -0.740. The summed E-state index contributed by atoms with van der Waals surface area (Å²) in [5, 5.41) is 0. The van der Waals surface area contributed by atoms with Crippen LogP contribution in [0, 0.1) is 5.92 Å². The Morgan fingerprint density at radius 1 is 1.11 bits per heavy atom. The van der Waals surface area contributed by atoms with E-state index >= 15 is 0 Å². The maximum absolute atomic E-state index is 12.2. The minimum Gasteiger partial charge on any atom is -0.497 e. The van der Waals surface area contributed by atoms with E-state index in [4.69, 9.17) is 9.47 Å². The van der Waals surface area contributed by atoms with Crippen molar-refractivity contribution >= 4 is 11.8 Å². The van der Waals surface area contributed by atoms with Gasteiger partial charge in [-0.1, -0.05) is 13.8 Å². The molecule has 1 aromatic rings. The fourth-order valence-electron chi connectivity index (χ4n) is 1.59. The number of carbonyl (C=O) groups is 2. The van der Waals surface area contributed by atoms with Gasteiger partial charge in [0.25, 0.3) is 0 Å². The summed E-state index contributed by atoms with van der Waals surface area (Å²) in [4.78, 5) is 23.2. The molecule has 0 radical (unpaired) electrons. The van der Waals surface area contributed by atoms with Crippen LogP contribution in [0.25, 0.3) is 0 Å². The largest absolute Gasteiger partial charge is 0.497 e. The van der Waals surface area contributed by atoms with E-state index in [0.29, 0.717) is 11.3 Å². The Bertz CT molecular complexity index is 420. The number of carbonyl (C=O) groups excluding carboxylic acids is 2. The van der Waals surface area contributed by atoms with Gasteiger partial charge in [0.2, 0.25) is 5.78 Å². The second-order valence-electron chi connectivity index (χ2n) is 4.37. The lowest BCUT2D eigenvalue weighted by Gasteiger charge is -2.19. The predicted octanol–water partition coefficient (Wildman–Crippen LogP) is 2.47. The van der Waals surface area contributed by atoms with Gasteiger partial charge >= 0.3 is 5.97 Å². The Morgan fingerprint density at radius 3 is 2.06 bits per heavy atom. The highest BCUT2D eigenvalue weighted by molar-refractivity contribution is 6.00. The Labute approximate surface area is 107 Å². The molecule has 1 rings (SSSR count). The van der Waals surface area contributed by atoms with Crippen molar-refractivity contribution < 1.29 is 19.1 Å². The van der Waals surface area contributed by atoms with Gasteiger partial charge in [-0.3, -0.25) is 9.59 Å². The van der Waals surface area contributed by atoms with Crippen LogP contribution in [0.2, 0.25) is 0 Å². The first-order valence-corrected chi connectivity index (χ1v) is 5.81. The molecular weight excluding hydrogens is 232 g/mol. The van der Waals surface area contributed by atoms with E-state index in [-0.39, 0.29) is 11.7 Å². The minimum atomic E-state index is -0.740. The number of esters is 1. The van der Waals surface area contributed by atoms with Crippen LogP contribution in [0.1, 0.15) is 31.1 Å². The zero-order valence-corrected chi connectivity index (χ0v) is 11.1. The molecule has 0 spiro atoms. The van der Waals surface area contributed by atoms with Crippen LogP contribution in [0.4, 0.5) is 0 Å². The van der Waals surface area contributed by atoms with E-state index < -0.39 is 12.1 Å². The fourth-order valence-corrected chi connectivity index (χ4v) is 1.59. The van der Waals surface area contributed by atoms with Gasteiger partial charge in [-0.05, 0) is 30.2 Å². The van der Waals surface area contributed by atoms with Crippen LogP contribution in [-0.2, 0) is 9.53 Å². The summed E-state index contributed by atoms with van der Waals surface area (Å²) in [5.74, 6) is -0.0259. The quantitative estimate of drug-likeness (QED) is 0.595. The van der Waals surface area contributed by atoms with Crippen LogP contribution in [0.5, 0.6) is 5.75 Å². The normalized spacial score (nSPS) is 12.1. The summed E-state index contributed by atoms with van der Waals surface area (Å²) in [6, 6.07) is 6.75. The number of hydrogen-bond acceptors (Lipinski definition) is 4. The summed E-state index contributed by atoms with van der Waals surface area (Å²) in [6.45, 7) is 4.99. The SMILES string of the molecule is COc1ccc(C(=O)C(OC(C)=O)C(C)C)cc1. The molecule has 0 aliphatic carbocycles. The van der Waals surface area contributed by atoms with Crippen molar-refractivity contribution in [1.29, 1.82) is 0 Å². The van der Waals surface area contributed by atoms with Gasteiger partial charge in [-0.25, -0.2) is 0 Å². The van der Waals surface area contributed by atoms with Crippen LogP contribution in [-0.4, -0.2) is 25.0 Å². The molecular formula is C14H18O4. The molecule has 0 aliphatic rings. The topological polar surface area (TPSA) is 52.6 Å². The van der Waals surface area contributed by atoms with Gasteiger partial charge in [0.1, 0.15) is 5.75 Å². The minimum absolute atomic E-state index is 0.0662. The third-order valence-corrected chi connectivity index (χ3v) is 2.53. The Balaban J connectivity index is 2.90. The highest BCUT2D eigenvalue weighted by Crippen LogP contribution is 2.17. The molecule has 98 valence electrons. The van der Waals surface area contributed by atoms with Crippen molar-refractivity contribution in [2.24, 2.45) is 5.92 Å². The Kier molecular flexibility index (Phi) is 4.89. The molecule has 0 N–H and O–H groups in total.